The molecule has 0 saturated heterocycles. The Bertz CT molecular complexity index is 491. The van der Waals surface area contributed by atoms with Crippen molar-refractivity contribution in [1.82, 2.24) is 10.2 Å². The summed E-state index contributed by atoms with van der Waals surface area (Å²) in [5, 5.41) is 7.95. The van der Waals surface area contributed by atoms with Gasteiger partial charge in [0.05, 0.1) is 0 Å². The fraction of sp³-hybridized carbons (Fsp3) is 0.375. The fourth-order valence-corrected chi connectivity index (χ4v) is 2.88. The molecule has 102 valence electrons. The number of nitrogens with one attached hydrogen (secondary N) is 1. The van der Waals surface area contributed by atoms with E-state index in [1.54, 1.807) is 11.3 Å². The third kappa shape index (κ3) is 4.16. The molecular weight excluding hydrogens is 252 g/mol. The highest BCUT2D eigenvalue weighted by molar-refractivity contribution is 7.07. The van der Waals surface area contributed by atoms with Crippen molar-refractivity contribution < 1.29 is 0 Å². The Morgan fingerprint density at radius 1 is 1.16 bits per heavy atom. The second kappa shape index (κ2) is 6.85. The van der Waals surface area contributed by atoms with E-state index in [4.69, 9.17) is 0 Å². The molecule has 19 heavy (non-hydrogen) atoms. The van der Waals surface area contributed by atoms with E-state index >= 15 is 0 Å². The summed E-state index contributed by atoms with van der Waals surface area (Å²) in [7, 11) is 4.22. The van der Waals surface area contributed by atoms with Crippen LogP contribution in [0, 0.1) is 0 Å². The molecule has 0 radical (unpaired) electrons. The minimum Gasteiger partial charge on any atom is -0.306 e. The van der Waals surface area contributed by atoms with Crippen molar-refractivity contribution in [1.29, 1.82) is 0 Å². The summed E-state index contributed by atoms with van der Waals surface area (Å²) in [6.07, 6.45) is 0. The van der Waals surface area contributed by atoms with Crippen LogP contribution in [-0.4, -0.2) is 19.0 Å². The number of nitrogens with zero attached hydrogens (tertiary/aromatic N) is 1. The lowest BCUT2D eigenvalue weighted by Gasteiger charge is -2.17. The largest absolute Gasteiger partial charge is 0.306 e. The van der Waals surface area contributed by atoms with E-state index < -0.39 is 0 Å². The molecule has 1 atom stereocenters. The minimum absolute atomic E-state index is 0.402. The van der Waals surface area contributed by atoms with Crippen molar-refractivity contribution in [3.05, 3.63) is 57.8 Å². The molecule has 1 aromatic heterocycles. The van der Waals surface area contributed by atoms with Gasteiger partial charge in [-0.1, -0.05) is 24.3 Å². The molecule has 0 bridgehead atoms. The Morgan fingerprint density at radius 3 is 2.53 bits per heavy atom. The van der Waals surface area contributed by atoms with Gasteiger partial charge in [0, 0.05) is 19.1 Å². The first-order valence-electron chi connectivity index (χ1n) is 6.64. The second-order valence-corrected chi connectivity index (χ2v) is 5.95. The zero-order valence-electron chi connectivity index (χ0n) is 11.9. The smallest absolute Gasteiger partial charge is 0.0303 e. The molecule has 1 unspecified atom stereocenters. The topological polar surface area (TPSA) is 15.3 Å². The monoisotopic (exact) mass is 274 g/mol. The predicted molar refractivity (Wildman–Crippen MR) is 83.4 cm³/mol. The Morgan fingerprint density at radius 2 is 1.89 bits per heavy atom. The zero-order chi connectivity index (χ0) is 13.7. The van der Waals surface area contributed by atoms with Crippen molar-refractivity contribution in [2.24, 2.45) is 0 Å². The van der Waals surface area contributed by atoms with Crippen LogP contribution in [0.5, 0.6) is 0 Å². The SMILES string of the molecule is CC(NCc1ccccc1CN(C)C)c1ccsc1. The maximum atomic E-state index is 3.60. The van der Waals surface area contributed by atoms with Gasteiger partial charge in [0.2, 0.25) is 0 Å². The lowest BCUT2D eigenvalue weighted by Crippen LogP contribution is -2.20. The van der Waals surface area contributed by atoms with Crippen LogP contribution in [0.2, 0.25) is 0 Å². The van der Waals surface area contributed by atoms with Crippen molar-refractivity contribution >= 4 is 11.3 Å². The van der Waals surface area contributed by atoms with E-state index in [1.165, 1.54) is 16.7 Å². The van der Waals surface area contributed by atoms with Gasteiger partial charge in [0.1, 0.15) is 0 Å². The third-order valence-corrected chi connectivity index (χ3v) is 3.95. The van der Waals surface area contributed by atoms with Crippen LogP contribution in [0.25, 0.3) is 0 Å². The molecule has 0 saturated carbocycles. The number of hydrogen-bond acceptors (Lipinski definition) is 3. The highest BCUT2D eigenvalue weighted by Gasteiger charge is 2.07. The highest BCUT2D eigenvalue weighted by atomic mass is 32.1. The summed E-state index contributed by atoms with van der Waals surface area (Å²) >= 11 is 1.75. The van der Waals surface area contributed by atoms with Gasteiger partial charge in [0.25, 0.3) is 0 Å². The number of hydrogen-bond donors (Lipinski definition) is 1. The van der Waals surface area contributed by atoms with Crippen molar-refractivity contribution in [2.45, 2.75) is 26.1 Å². The quantitative estimate of drug-likeness (QED) is 0.865. The summed E-state index contributed by atoms with van der Waals surface area (Å²) in [5.74, 6) is 0. The van der Waals surface area contributed by atoms with Crippen LogP contribution in [0.3, 0.4) is 0 Å². The summed E-state index contributed by atoms with van der Waals surface area (Å²) in [6, 6.07) is 11.3. The first-order chi connectivity index (χ1) is 9.16. The maximum absolute atomic E-state index is 3.60. The Hall–Kier alpha value is -1.16. The van der Waals surface area contributed by atoms with E-state index in [2.05, 4.69) is 72.3 Å². The number of benzene rings is 1. The fourth-order valence-electron chi connectivity index (χ4n) is 2.13. The molecule has 1 N–H and O–H groups in total. The van der Waals surface area contributed by atoms with Crippen LogP contribution >= 0.6 is 11.3 Å². The molecule has 3 heteroatoms. The van der Waals surface area contributed by atoms with Gasteiger partial charge < -0.3 is 10.2 Å². The van der Waals surface area contributed by atoms with Gasteiger partial charge in [-0.05, 0) is 54.5 Å². The Balaban J connectivity index is 1.99. The molecule has 2 aromatic rings. The summed E-state index contributed by atoms with van der Waals surface area (Å²) in [4.78, 5) is 2.21. The van der Waals surface area contributed by atoms with Crippen LogP contribution in [0.1, 0.15) is 29.7 Å². The average Bonchev–Trinajstić information content (AvgIpc) is 2.90. The molecule has 0 aliphatic carbocycles. The highest BCUT2D eigenvalue weighted by Crippen LogP contribution is 2.17. The van der Waals surface area contributed by atoms with E-state index in [0.29, 0.717) is 6.04 Å². The Kier molecular flexibility index (Phi) is 5.14. The van der Waals surface area contributed by atoms with Gasteiger partial charge >= 0.3 is 0 Å². The lowest BCUT2D eigenvalue weighted by atomic mass is 10.1. The van der Waals surface area contributed by atoms with Gasteiger partial charge in [-0.2, -0.15) is 11.3 Å². The molecule has 2 nitrogen and oxygen atoms in total. The van der Waals surface area contributed by atoms with Crippen molar-refractivity contribution in [2.75, 3.05) is 14.1 Å². The maximum Gasteiger partial charge on any atom is 0.0303 e. The average molecular weight is 274 g/mol. The summed E-state index contributed by atoms with van der Waals surface area (Å²) in [6.45, 7) is 4.13. The zero-order valence-corrected chi connectivity index (χ0v) is 12.7. The molecule has 0 spiro atoms. The normalized spacial score (nSPS) is 12.8. The van der Waals surface area contributed by atoms with Crippen molar-refractivity contribution in [3.8, 4) is 0 Å². The summed E-state index contributed by atoms with van der Waals surface area (Å²) < 4.78 is 0. The second-order valence-electron chi connectivity index (χ2n) is 5.17. The standard InChI is InChI=1S/C16H22N2S/c1-13(16-8-9-19-12-16)17-10-14-6-4-5-7-15(14)11-18(2)3/h4-9,12-13,17H,10-11H2,1-3H3. The Labute approximate surface area is 120 Å². The number of thiophene rings is 1. The molecule has 0 amide bonds. The minimum atomic E-state index is 0.402. The van der Waals surface area contributed by atoms with Crippen molar-refractivity contribution in [3.63, 3.8) is 0 Å². The van der Waals surface area contributed by atoms with E-state index in [-0.39, 0.29) is 0 Å². The van der Waals surface area contributed by atoms with E-state index in [1.807, 2.05) is 0 Å². The van der Waals surface area contributed by atoms with E-state index in [0.717, 1.165) is 13.1 Å². The summed E-state index contributed by atoms with van der Waals surface area (Å²) in [5.41, 5.74) is 4.16. The number of rotatable bonds is 6. The molecule has 2 rings (SSSR count). The van der Waals surface area contributed by atoms with Gasteiger partial charge in [0.15, 0.2) is 0 Å². The van der Waals surface area contributed by atoms with Gasteiger partial charge in [-0.15, -0.1) is 0 Å². The molecule has 0 aliphatic heterocycles. The van der Waals surface area contributed by atoms with Gasteiger partial charge in [-0.25, -0.2) is 0 Å². The molecular formula is C16H22N2S. The van der Waals surface area contributed by atoms with E-state index in [9.17, 15) is 0 Å². The molecule has 1 heterocycles. The van der Waals surface area contributed by atoms with Crippen LogP contribution in [-0.2, 0) is 13.1 Å². The van der Waals surface area contributed by atoms with Crippen LogP contribution < -0.4 is 5.32 Å². The molecule has 1 aromatic carbocycles. The first-order valence-corrected chi connectivity index (χ1v) is 7.58. The van der Waals surface area contributed by atoms with Crippen LogP contribution in [0.4, 0.5) is 0 Å². The molecule has 0 fully saturated rings. The third-order valence-electron chi connectivity index (χ3n) is 3.25. The lowest BCUT2D eigenvalue weighted by molar-refractivity contribution is 0.400. The van der Waals surface area contributed by atoms with Crippen LogP contribution in [0.15, 0.2) is 41.1 Å². The van der Waals surface area contributed by atoms with Gasteiger partial charge in [-0.3, -0.25) is 0 Å². The predicted octanol–water partition coefficient (Wildman–Crippen LogP) is 3.66. The molecule has 0 aliphatic rings. The first kappa shape index (κ1) is 14.3.